The summed E-state index contributed by atoms with van der Waals surface area (Å²) in [7, 11) is 0. The monoisotopic (exact) mass is 265 g/mol. The van der Waals surface area contributed by atoms with Crippen LogP contribution in [0.1, 0.15) is 44.0 Å². The van der Waals surface area contributed by atoms with Gasteiger partial charge in [-0.05, 0) is 43.9 Å². The van der Waals surface area contributed by atoms with E-state index in [2.05, 4.69) is 13.8 Å². The summed E-state index contributed by atoms with van der Waals surface area (Å²) < 4.78 is 10.6. The number of hydrogen-bond donors (Lipinski definition) is 1. The third kappa shape index (κ3) is 5.20. The third-order valence-corrected chi connectivity index (χ3v) is 2.71. The van der Waals surface area contributed by atoms with Crippen LogP contribution in [0.5, 0.6) is 5.75 Å². The molecule has 0 aromatic heterocycles. The topological polar surface area (TPSA) is 61.5 Å². The number of nitrogens with two attached hydrogens (primary N) is 1. The maximum Gasteiger partial charge on any atom is 0.340 e. The Morgan fingerprint density at radius 1 is 1.37 bits per heavy atom. The van der Waals surface area contributed by atoms with E-state index in [1.165, 1.54) is 0 Å². The summed E-state index contributed by atoms with van der Waals surface area (Å²) in [6.07, 6.45) is 2.12. The molecule has 1 aromatic rings. The van der Waals surface area contributed by atoms with Gasteiger partial charge in [0.15, 0.2) is 0 Å². The Bertz CT molecular complexity index is 416. The Morgan fingerprint density at radius 2 is 2.11 bits per heavy atom. The van der Waals surface area contributed by atoms with Crippen LogP contribution in [0, 0.1) is 5.92 Å². The molecule has 0 aliphatic rings. The molecule has 4 nitrogen and oxygen atoms in total. The molecule has 0 spiro atoms. The van der Waals surface area contributed by atoms with Crippen LogP contribution in [-0.2, 0) is 4.74 Å². The number of anilines is 1. The quantitative estimate of drug-likeness (QED) is 0.467. The molecule has 0 fully saturated rings. The molecule has 0 heterocycles. The lowest BCUT2D eigenvalue weighted by atomic mass is 10.1. The molecule has 1 aromatic carbocycles. The summed E-state index contributed by atoms with van der Waals surface area (Å²) in [5, 5.41) is 0. The van der Waals surface area contributed by atoms with Crippen molar-refractivity contribution in [2.24, 2.45) is 5.92 Å². The fraction of sp³-hybridized carbons (Fsp3) is 0.533. The zero-order valence-corrected chi connectivity index (χ0v) is 11.9. The first-order valence-corrected chi connectivity index (χ1v) is 6.74. The number of nitrogen functional groups attached to an aromatic ring is 1. The fourth-order valence-corrected chi connectivity index (χ4v) is 1.69. The van der Waals surface area contributed by atoms with E-state index in [9.17, 15) is 4.79 Å². The van der Waals surface area contributed by atoms with Crippen LogP contribution >= 0.6 is 0 Å². The molecule has 0 saturated heterocycles. The third-order valence-electron chi connectivity index (χ3n) is 2.71. The van der Waals surface area contributed by atoms with Crippen LogP contribution in [-0.4, -0.2) is 19.2 Å². The van der Waals surface area contributed by atoms with E-state index in [1.807, 2.05) is 0 Å². The van der Waals surface area contributed by atoms with Crippen LogP contribution in [0.25, 0.3) is 0 Å². The van der Waals surface area contributed by atoms with Crippen molar-refractivity contribution in [3.05, 3.63) is 23.8 Å². The highest BCUT2D eigenvalue weighted by Crippen LogP contribution is 2.21. The van der Waals surface area contributed by atoms with Crippen LogP contribution in [0.3, 0.4) is 0 Å². The van der Waals surface area contributed by atoms with Gasteiger partial charge in [-0.25, -0.2) is 4.79 Å². The highest BCUT2D eigenvalue weighted by molar-refractivity contribution is 5.95. The molecule has 0 aliphatic heterocycles. The van der Waals surface area contributed by atoms with Gasteiger partial charge < -0.3 is 15.2 Å². The van der Waals surface area contributed by atoms with E-state index in [1.54, 1.807) is 25.1 Å². The zero-order chi connectivity index (χ0) is 14.3. The molecule has 0 atom stereocenters. The largest absolute Gasteiger partial charge is 0.494 e. The van der Waals surface area contributed by atoms with Crippen LogP contribution in [0.4, 0.5) is 5.69 Å². The molecule has 19 heavy (non-hydrogen) atoms. The molecule has 0 radical (unpaired) electrons. The van der Waals surface area contributed by atoms with E-state index in [0.29, 0.717) is 36.1 Å². The molecular weight excluding hydrogens is 242 g/mol. The molecule has 106 valence electrons. The van der Waals surface area contributed by atoms with Crippen molar-refractivity contribution < 1.29 is 14.3 Å². The van der Waals surface area contributed by atoms with Crippen molar-refractivity contribution in [1.82, 2.24) is 0 Å². The van der Waals surface area contributed by atoms with E-state index < -0.39 is 5.97 Å². The lowest BCUT2D eigenvalue weighted by Crippen LogP contribution is -2.08. The molecule has 0 aliphatic carbocycles. The SMILES string of the molecule is CCOC(=O)c1cc(OCCCC(C)C)ccc1N. The highest BCUT2D eigenvalue weighted by atomic mass is 16.5. The standard InChI is InChI=1S/C15H23NO3/c1-4-18-15(17)13-10-12(7-8-14(13)16)19-9-5-6-11(2)3/h7-8,10-11H,4-6,9,16H2,1-3H3. The average molecular weight is 265 g/mol. The molecule has 4 heteroatoms. The number of carbonyl (C=O) groups is 1. The first-order valence-electron chi connectivity index (χ1n) is 6.74. The molecule has 0 saturated carbocycles. The lowest BCUT2D eigenvalue weighted by molar-refractivity contribution is 0.0527. The van der Waals surface area contributed by atoms with E-state index in [-0.39, 0.29) is 0 Å². The van der Waals surface area contributed by atoms with Crippen molar-refractivity contribution in [3.8, 4) is 5.75 Å². The van der Waals surface area contributed by atoms with Gasteiger partial charge in [-0.15, -0.1) is 0 Å². The second kappa shape index (κ2) is 7.67. The Labute approximate surface area is 114 Å². The maximum atomic E-state index is 11.7. The van der Waals surface area contributed by atoms with Gasteiger partial charge in [-0.3, -0.25) is 0 Å². The summed E-state index contributed by atoms with van der Waals surface area (Å²) in [6, 6.07) is 5.08. The number of esters is 1. The minimum atomic E-state index is -0.410. The first kappa shape index (κ1) is 15.3. The zero-order valence-electron chi connectivity index (χ0n) is 11.9. The number of rotatable bonds is 7. The van der Waals surface area contributed by atoms with Crippen molar-refractivity contribution in [2.45, 2.75) is 33.6 Å². The van der Waals surface area contributed by atoms with E-state index >= 15 is 0 Å². The maximum absolute atomic E-state index is 11.7. The Balaban J connectivity index is 2.60. The Hall–Kier alpha value is -1.71. The van der Waals surface area contributed by atoms with E-state index in [4.69, 9.17) is 15.2 Å². The molecular formula is C15H23NO3. The predicted molar refractivity (Wildman–Crippen MR) is 76.4 cm³/mol. The highest BCUT2D eigenvalue weighted by Gasteiger charge is 2.12. The molecule has 0 unspecified atom stereocenters. The number of carbonyl (C=O) groups excluding carboxylic acids is 1. The smallest absolute Gasteiger partial charge is 0.340 e. The van der Waals surface area contributed by atoms with Crippen molar-refractivity contribution in [3.63, 3.8) is 0 Å². The minimum Gasteiger partial charge on any atom is -0.494 e. The number of ether oxygens (including phenoxy) is 2. The Kier molecular flexibility index (Phi) is 6.19. The number of benzene rings is 1. The Morgan fingerprint density at radius 3 is 2.74 bits per heavy atom. The minimum absolute atomic E-state index is 0.331. The second-order valence-corrected chi connectivity index (χ2v) is 4.85. The van der Waals surface area contributed by atoms with Crippen molar-refractivity contribution in [2.75, 3.05) is 18.9 Å². The van der Waals surface area contributed by atoms with Crippen LogP contribution in [0.2, 0.25) is 0 Å². The first-order chi connectivity index (χ1) is 9.04. The summed E-state index contributed by atoms with van der Waals surface area (Å²) in [6.45, 7) is 7.10. The van der Waals surface area contributed by atoms with Crippen LogP contribution < -0.4 is 10.5 Å². The summed E-state index contributed by atoms with van der Waals surface area (Å²) in [5.41, 5.74) is 6.53. The summed E-state index contributed by atoms with van der Waals surface area (Å²) >= 11 is 0. The van der Waals surface area contributed by atoms with Gasteiger partial charge in [-0.1, -0.05) is 13.8 Å². The normalized spacial score (nSPS) is 10.5. The van der Waals surface area contributed by atoms with Gasteiger partial charge in [0.1, 0.15) is 5.75 Å². The predicted octanol–water partition coefficient (Wildman–Crippen LogP) is 3.26. The van der Waals surface area contributed by atoms with Crippen LogP contribution in [0.15, 0.2) is 18.2 Å². The van der Waals surface area contributed by atoms with E-state index in [0.717, 1.165) is 12.8 Å². The summed E-state index contributed by atoms with van der Waals surface area (Å²) in [5.74, 6) is 0.916. The molecule has 2 N–H and O–H groups in total. The molecule has 1 rings (SSSR count). The van der Waals surface area contributed by atoms with Crippen molar-refractivity contribution in [1.29, 1.82) is 0 Å². The average Bonchev–Trinajstić information content (AvgIpc) is 2.36. The van der Waals surface area contributed by atoms with Gasteiger partial charge >= 0.3 is 5.97 Å². The van der Waals surface area contributed by atoms with Gasteiger partial charge in [-0.2, -0.15) is 0 Å². The molecule has 0 amide bonds. The van der Waals surface area contributed by atoms with Gasteiger partial charge in [0.2, 0.25) is 0 Å². The van der Waals surface area contributed by atoms with Gasteiger partial charge in [0.05, 0.1) is 18.8 Å². The van der Waals surface area contributed by atoms with Gasteiger partial charge in [0, 0.05) is 5.69 Å². The van der Waals surface area contributed by atoms with Gasteiger partial charge in [0.25, 0.3) is 0 Å². The lowest BCUT2D eigenvalue weighted by Gasteiger charge is -2.10. The fourth-order valence-electron chi connectivity index (χ4n) is 1.69. The van der Waals surface area contributed by atoms with Crippen molar-refractivity contribution >= 4 is 11.7 Å². The summed E-state index contributed by atoms with van der Waals surface area (Å²) in [4.78, 5) is 11.7. The number of hydrogen-bond acceptors (Lipinski definition) is 4. The second-order valence-electron chi connectivity index (χ2n) is 4.85. The molecule has 0 bridgehead atoms.